The van der Waals surface area contributed by atoms with Crippen molar-refractivity contribution < 1.29 is 14.6 Å². The number of hydrogen-bond donors (Lipinski definition) is 1. The predicted octanol–water partition coefficient (Wildman–Crippen LogP) is 4.12. The van der Waals surface area contributed by atoms with Gasteiger partial charge in [0.15, 0.2) is 6.23 Å². The molecule has 0 aromatic heterocycles. The number of hydrogen-bond acceptors (Lipinski definition) is 3. The van der Waals surface area contributed by atoms with E-state index < -0.39 is 12.3 Å². The number of amides is 1. The van der Waals surface area contributed by atoms with Crippen molar-refractivity contribution >= 4 is 17.9 Å². The van der Waals surface area contributed by atoms with E-state index in [0.29, 0.717) is 6.54 Å². The molecule has 0 spiro atoms. The molecule has 1 amide bonds. The van der Waals surface area contributed by atoms with Crippen LogP contribution in [-0.4, -0.2) is 23.2 Å². The van der Waals surface area contributed by atoms with Crippen molar-refractivity contribution in [1.29, 1.82) is 0 Å². The minimum absolute atomic E-state index is 0.378. The first-order valence-electron chi connectivity index (χ1n) is 7.01. The number of fused-ring (bicyclic) bond motifs is 1. The number of benzene rings is 2. The van der Waals surface area contributed by atoms with Crippen LogP contribution in [0.15, 0.2) is 53.4 Å². The zero-order chi connectivity index (χ0) is 15.5. The molecule has 0 fully saturated rings. The monoisotopic (exact) mass is 315 g/mol. The Morgan fingerprint density at radius 3 is 2.77 bits per heavy atom. The normalized spacial score (nSPS) is 16.6. The first kappa shape index (κ1) is 14.9. The fraction of sp³-hybridized carbons (Fsp3) is 0.235. The van der Waals surface area contributed by atoms with Crippen molar-refractivity contribution in [3.8, 4) is 0 Å². The molecule has 1 heterocycles. The molecule has 0 saturated heterocycles. The molecule has 4 nitrogen and oxygen atoms in total. The van der Waals surface area contributed by atoms with Crippen LogP contribution in [0.2, 0.25) is 0 Å². The minimum atomic E-state index is -0.957. The molecule has 1 N–H and O–H groups in total. The molecule has 1 atom stereocenters. The smallest absolute Gasteiger partial charge is 0.409 e. The highest BCUT2D eigenvalue weighted by molar-refractivity contribution is 7.98. The Kier molecular flexibility index (Phi) is 4.36. The minimum Gasteiger partial charge on any atom is -0.465 e. The Morgan fingerprint density at radius 2 is 2.09 bits per heavy atom. The number of ether oxygens (including phenoxy) is 1. The molecule has 2 aromatic carbocycles. The molecule has 1 unspecified atom stereocenters. The zero-order valence-electron chi connectivity index (χ0n) is 12.2. The van der Waals surface area contributed by atoms with Crippen molar-refractivity contribution in [2.24, 2.45) is 0 Å². The van der Waals surface area contributed by atoms with Gasteiger partial charge in [-0.15, -0.1) is 11.8 Å². The lowest BCUT2D eigenvalue weighted by Crippen LogP contribution is -2.28. The van der Waals surface area contributed by atoms with Gasteiger partial charge in [-0.2, -0.15) is 0 Å². The molecule has 114 valence electrons. The average molecular weight is 315 g/mol. The van der Waals surface area contributed by atoms with Gasteiger partial charge < -0.3 is 9.84 Å². The summed E-state index contributed by atoms with van der Waals surface area (Å²) >= 11 is 1.75. The Morgan fingerprint density at radius 1 is 1.32 bits per heavy atom. The SMILES string of the molecule is COC1c2ccc(SCc3ccccc3)cc2CN1C(=O)O. The van der Waals surface area contributed by atoms with Crippen LogP contribution >= 0.6 is 11.8 Å². The maximum absolute atomic E-state index is 11.3. The molecule has 22 heavy (non-hydrogen) atoms. The number of thioether (sulfide) groups is 1. The van der Waals surface area contributed by atoms with E-state index in [2.05, 4.69) is 18.2 Å². The molecular weight excluding hydrogens is 298 g/mol. The molecule has 0 bridgehead atoms. The van der Waals surface area contributed by atoms with Gasteiger partial charge in [-0.25, -0.2) is 4.79 Å². The number of carbonyl (C=O) groups is 1. The lowest BCUT2D eigenvalue weighted by Gasteiger charge is -2.20. The van der Waals surface area contributed by atoms with Gasteiger partial charge in [0, 0.05) is 23.3 Å². The summed E-state index contributed by atoms with van der Waals surface area (Å²) in [6, 6.07) is 16.4. The third-order valence-corrected chi connectivity index (χ3v) is 4.79. The molecule has 5 heteroatoms. The molecule has 1 aliphatic rings. The van der Waals surface area contributed by atoms with Crippen LogP contribution < -0.4 is 0 Å². The van der Waals surface area contributed by atoms with E-state index in [4.69, 9.17) is 4.74 Å². The van der Waals surface area contributed by atoms with Gasteiger partial charge in [-0.05, 0) is 23.3 Å². The van der Waals surface area contributed by atoms with Crippen molar-refractivity contribution in [2.75, 3.05) is 7.11 Å². The summed E-state index contributed by atoms with van der Waals surface area (Å²) in [4.78, 5) is 13.7. The van der Waals surface area contributed by atoms with E-state index in [0.717, 1.165) is 21.8 Å². The number of rotatable bonds is 4. The fourth-order valence-corrected chi connectivity index (χ4v) is 3.56. The Bertz CT molecular complexity index is 675. The van der Waals surface area contributed by atoms with Crippen molar-refractivity contribution in [2.45, 2.75) is 23.4 Å². The fourth-order valence-electron chi connectivity index (χ4n) is 2.65. The zero-order valence-corrected chi connectivity index (χ0v) is 13.0. The van der Waals surface area contributed by atoms with Gasteiger partial charge in [0.1, 0.15) is 0 Å². The standard InChI is InChI=1S/C17H17NO3S/c1-21-16-15-8-7-14(9-13(15)10-18(16)17(19)20)22-11-12-5-3-2-4-6-12/h2-9,16H,10-11H2,1H3,(H,19,20). The van der Waals surface area contributed by atoms with Crippen LogP contribution in [-0.2, 0) is 17.0 Å². The third-order valence-electron chi connectivity index (χ3n) is 3.72. The highest BCUT2D eigenvalue weighted by atomic mass is 32.2. The number of methoxy groups -OCH3 is 1. The molecule has 2 aromatic rings. The van der Waals surface area contributed by atoms with Gasteiger partial charge in [0.05, 0.1) is 6.54 Å². The van der Waals surface area contributed by atoms with Gasteiger partial charge in [-0.1, -0.05) is 36.4 Å². The molecule has 0 aliphatic carbocycles. The first-order chi connectivity index (χ1) is 10.7. The second-order valence-electron chi connectivity index (χ2n) is 5.13. The topological polar surface area (TPSA) is 49.8 Å². The Hall–Kier alpha value is -1.98. The second-order valence-corrected chi connectivity index (χ2v) is 6.18. The van der Waals surface area contributed by atoms with E-state index in [-0.39, 0.29) is 0 Å². The third kappa shape index (κ3) is 2.96. The Balaban J connectivity index is 1.75. The van der Waals surface area contributed by atoms with Gasteiger partial charge in [-0.3, -0.25) is 4.90 Å². The average Bonchev–Trinajstić information content (AvgIpc) is 2.92. The summed E-state index contributed by atoms with van der Waals surface area (Å²) in [5.74, 6) is 0.899. The van der Waals surface area contributed by atoms with Gasteiger partial charge >= 0.3 is 6.09 Å². The molecule has 0 saturated carbocycles. The second kappa shape index (κ2) is 6.42. The number of carboxylic acid groups (broad SMARTS) is 1. The maximum atomic E-state index is 11.3. The summed E-state index contributed by atoms with van der Waals surface area (Å²) in [7, 11) is 1.54. The van der Waals surface area contributed by atoms with E-state index in [1.807, 2.05) is 30.3 Å². The lowest BCUT2D eigenvalue weighted by molar-refractivity contribution is -0.0139. The maximum Gasteiger partial charge on any atom is 0.409 e. The van der Waals surface area contributed by atoms with Crippen LogP contribution in [0.25, 0.3) is 0 Å². The first-order valence-corrected chi connectivity index (χ1v) is 7.99. The van der Waals surface area contributed by atoms with Crippen molar-refractivity contribution in [3.05, 3.63) is 65.2 Å². The highest BCUT2D eigenvalue weighted by Crippen LogP contribution is 2.36. The van der Waals surface area contributed by atoms with Gasteiger partial charge in [0.2, 0.25) is 0 Å². The van der Waals surface area contributed by atoms with Crippen LogP contribution in [0.4, 0.5) is 4.79 Å². The van der Waals surface area contributed by atoms with E-state index in [1.165, 1.54) is 17.6 Å². The van der Waals surface area contributed by atoms with E-state index >= 15 is 0 Å². The van der Waals surface area contributed by atoms with Crippen molar-refractivity contribution in [3.63, 3.8) is 0 Å². The van der Waals surface area contributed by atoms with E-state index in [1.54, 1.807) is 11.8 Å². The highest BCUT2D eigenvalue weighted by Gasteiger charge is 2.33. The van der Waals surface area contributed by atoms with Crippen LogP contribution in [0, 0.1) is 0 Å². The molecular formula is C17H17NO3S. The van der Waals surface area contributed by atoms with Crippen LogP contribution in [0.1, 0.15) is 22.9 Å². The van der Waals surface area contributed by atoms with Gasteiger partial charge in [0.25, 0.3) is 0 Å². The van der Waals surface area contributed by atoms with Crippen molar-refractivity contribution in [1.82, 2.24) is 4.90 Å². The summed E-state index contributed by atoms with van der Waals surface area (Å²) in [5, 5.41) is 9.25. The summed E-state index contributed by atoms with van der Waals surface area (Å²) < 4.78 is 5.32. The largest absolute Gasteiger partial charge is 0.465 e. The molecule has 0 radical (unpaired) electrons. The summed E-state index contributed by atoms with van der Waals surface area (Å²) in [6.45, 7) is 0.378. The quantitative estimate of drug-likeness (QED) is 0.862. The van der Waals surface area contributed by atoms with Crippen LogP contribution in [0.5, 0.6) is 0 Å². The molecule has 3 rings (SSSR count). The van der Waals surface area contributed by atoms with E-state index in [9.17, 15) is 9.90 Å². The summed E-state index contributed by atoms with van der Waals surface area (Å²) in [6.07, 6.45) is -1.46. The molecule has 1 aliphatic heterocycles. The van der Waals surface area contributed by atoms with Crippen LogP contribution in [0.3, 0.4) is 0 Å². The lowest BCUT2D eigenvalue weighted by atomic mass is 10.1. The number of nitrogens with zero attached hydrogens (tertiary/aromatic N) is 1. The predicted molar refractivity (Wildman–Crippen MR) is 85.8 cm³/mol. The Labute approximate surface area is 133 Å². The summed E-state index contributed by atoms with van der Waals surface area (Å²) in [5.41, 5.74) is 3.23.